The van der Waals surface area contributed by atoms with E-state index in [9.17, 15) is 9.59 Å². The molecule has 31 heavy (non-hydrogen) atoms. The van der Waals surface area contributed by atoms with Gasteiger partial charge in [-0.1, -0.05) is 50.7 Å². The molecule has 168 valence electrons. The first-order valence-electron chi connectivity index (χ1n) is 12.0. The fraction of sp³-hybridized carbons (Fsp3) is 0.640. The zero-order valence-corrected chi connectivity index (χ0v) is 19.0. The summed E-state index contributed by atoms with van der Waals surface area (Å²) in [6.45, 7) is 0. The van der Waals surface area contributed by atoms with E-state index in [0.717, 1.165) is 42.8 Å². The number of benzene rings is 1. The third-order valence-electron chi connectivity index (χ3n) is 7.28. The number of nitrogens with one attached hydrogen (secondary N) is 1. The van der Waals surface area contributed by atoms with E-state index >= 15 is 0 Å². The van der Waals surface area contributed by atoms with Crippen LogP contribution < -0.4 is 10.2 Å². The van der Waals surface area contributed by atoms with Gasteiger partial charge in [0.25, 0.3) is 5.91 Å². The molecule has 3 aliphatic rings. The maximum atomic E-state index is 13.3. The van der Waals surface area contributed by atoms with Gasteiger partial charge in [0, 0.05) is 32.1 Å². The first kappa shape index (κ1) is 21.8. The van der Waals surface area contributed by atoms with Crippen molar-refractivity contribution in [1.29, 1.82) is 0 Å². The normalized spacial score (nSPS) is 23.0. The number of amides is 2. The van der Waals surface area contributed by atoms with E-state index in [2.05, 4.69) is 17.3 Å². The third-order valence-corrected chi connectivity index (χ3v) is 7.28. The number of carbonyl (C=O) groups excluding carboxylic acids is 2. The molecule has 0 saturated heterocycles. The molecule has 1 aromatic carbocycles. The molecule has 1 unspecified atom stereocenters. The molecule has 1 heterocycles. The van der Waals surface area contributed by atoms with Crippen molar-refractivity contribution in [3.63, 3.8) is 0 Å². The van der Waals surface area contributed by atoms with Gasteiger partial charge in [-0.25, -0.2) is 4.99 Å². The number of aliphatic imine (C=N–C) groups is 1. The molecule has 2 fully saturated rings. The monoisotopic (exact) mass is 424 g/mol. The molecule has 6 heteroatoms. The molecule has 0 bridgehead atoms. The summed E-state index contributed by atoms with van der Waals surface area (Å²) < 4.78 is 0. The Hall–Kier alpha value is -2.37. The fourth-order valence-electron chi connectivity index (χ4n) is 5.39. The van der Waals surface area contributed by atoms with Gasteiger partial charge in [-0.05, 0) is 43.7 Å². The Morgan fingerprint density at radius 1 is 1.06 bits per heavy atom. The topological polar surface area (TPSA) is 65.0 Å². The number of nitrogens with zero attached hydrogens (tertiary/aromatic N) is 3. The summed E-state index contributed by atoms with van der Waals surface area (Å²) in [5.41, 5.74) is 1.80. The van der Waals surface area contributed by atoms with Gasteiger partial charge in [-0.3, -0.25) is 9.59 Å². The Bertz CT molecular complexity index is 825. The molecule has 6 nitrogen and oxygen atoms in total. The van der Waals surface area contributed by atoms with Crippen LogP contribution in [0.2, 0.25) is 0 Å². The molecule has 0 radical (unpaired) electrons. The summed E-state index contributed by atoms with van der Waals surface area (Å²) in [6, 6.07) is 8.34. The second-order valence-corrected chi connectivity index (χ2v) is 9.45. The van der Waals surface area contributed by atoms with Crippen molar-refractivity contribution in [2.24, 2.45) is 10.9 Å². The van der Waals surface area contributed by atoms with E-state index in [1.54, 1.807) is 11.9 Å². The number of fused-ring (bicyclic) bond motifs is 1. The zero-order valence-electron chi connectivity index (χ0n) is 19.0. The lowest BCUT2D eigenvalue weighted by Gasteiger charge is -2.34. The second-order valence-electron chi connectivity index (χ2n) is 9.45. The highest BCUT2D eigenvalue weighted by Crippen LogP contribution is 2.30. The zero-order chi connectivity index (χ0) is 21.8. The third kappa shape index (κ3) is 4.94. The Morgan fingerprint density at radius 3 is 2.42 bits per heavy atom. The number of likely N-dealkylation sites (N-methyl/N-ethyl adjacent to an activating group) is 1. The highest BCUT2D eigenvalue weighted by Gasteiger charge is 2.33. The van der Waals surface area contributed by atoms with Gasteiger partial charge in [-0.15, -0.1) is 0 Å². The average Bonchev–Trinajstić information content (AvgIpc) is 2.90. The fourth-order valence-corrected chi connectivity index (χ4v) is 5.39. The van der Waals surface area contributed by atoms with Crippen molar-refractivity contribution < 1.29 is 9.59 Å². The Balaban J connectivity index is 1.60. The van der Waals surface area contributed by atoms with Crippen LogP contribution in [-0.4, -0.2) is 48.9 Å². The van der Waals surface area contributed by atoms with Gasteiger partial charge in [0.15, 0.2) is 0 Å². The lowest BCUT2D eigenvalue weighted by molar-refractivity contribution is -0.128. The minimum absolute atomic E-state index is 0.0620. The molecule has 2 saturated carbocycles. The predicted molar refractivity (Wildman–Crippen MR) is 124 cm³/mol. The van der Waals surface area contributed by atoms with Crippen LogP contribution in [0.3, 0.4) is 0 Å². The van der Waals surface area contributed by atoms with Crippen LogP contribution in [0.4, 0.5) is 5.69 Å². The Kier molecular flexibility index (Phi) is 6.93. The minimum Gasteiger partial charge on any atom is -0.356 e. The van der Waals surface area contributed by atoms with E-state index in [0.29, 0.717) is 18.4 Å². The van der Waals surface area contributed by atoms with Crippen molar-refractivity contribution in [3.05, 3.63) is 29.8 Å². The number of carbonyl (C=O) groups is 2. The lowest BCUT2D eigenvalue weighted by atomic mass is 9.87. The highest BCUT2D eigenvalue weighted by atomic mass is 16.2. The summed E-state index contributed by atoms with van der Waals surface area (Å²) in [7, 11) is 3.86. The average molecular weight is 425 g/mol. The van der Waals surface area contributed by atoms with E-state index in [1.807, 2.05) is 24.3 Å². The van der Waals surface area contributed by atoms with Gasteiger partial charge >= 0.3 is 0 Å². The number of amidine groups is 1. The maximum absolute atomic E-state index is 13.3. The molecular weight excluding hydrogens is 388 g/mol. The summed E-state index contributed by atoms with van der Waals surface area (Å²) in [6.07, 6.45) is 11.5. The van der Waals surface area contributed by atoms with Crippen LogP contribution in [0.15, 0.2) is 29.3 Å². The summed E-state index contributed by atoms with van der Waals surface area (Å²) >= 11 is 0. The van der Waals surface area contributed by atoms with E-state index in [-0.39, 0.29) is 11.8 Å². The number of hydrogen-bond donors (Lipinski definition) is 1. The van der Waals surface area contributed by atoms with E-state index in [4.69, 9.17) is 4.99 Å². The Morgan fingerprint density at radius 2 is 1.71 bits per heavy atom. The second kappa shape index (κ2) is 9.84. The highest BCUT2D eigenvalue weighted by molar-refractivity contribution is 6.12. The molecule has 0 aromatic heterocycles. The summed E-state index contributed by atoms with van der Waals surface area (Å²) in [5, 5.41) is 2.96. The quantitative estimate of drug-likeness (QED) is 0.792. The molecule has 4 rings (SSSR count). The summed E-state index contributed by atoms with van der Waals surface area (Å²) in [4.78, 5) is 34.9. The van der Waals surface area contributed by atoms with Crippen LogP contribution in [0.1, 0.15) is 76.2 Å². The van der Waals surface area contributed by atoms with E-state index in [1.165, 1.54) is 38.5 Å². The van der Waals surface area contributed by atoms with Gasteiger partial charge < -0.3 is 15.1 Å². The molecular formula is C25H36N4O2. The SMILES string of the molecule is CN1C(=O)C(NC(=O)CC2CCCCC2)N=C(N(C)C2CCCCC2)c2ccccc21. The van der Waals surface area contributed by atoms with Crippen molar-refractivity contribution in [1.82, 2.24) is 10.2 Å². The molecule has 1 aromatic rings. The van der Waals surface area contributed by atoms with Crippen LogP contribution in [0.25, 0.3) is 0 Å². The predicted octanol–water partition coefficient (Wildman–Crippen LogP) is 4.09. The van der Waals surface area contributed by atoms with Crippen molar-refractivity contribution in [2.75, 3.05) is 19.0 Å². The number of para-hydroxylation sites is 1. The molecule has 1 N–H and O–H groups in total. The van der Waals surface area contributed by atoms with Crippen LogP contribution >= 0.6 is 0 Å². The van der Waals surface area contributed by atoms with Crippen LogP contribution in [0.5, 0.6) is 0 Å². The maximum Gasteiger partial charge on any atom is 0.272 e. The molecule has 1 atom stereocenters. The minimum atomic E-state index is -0.880. The molecule has 2 aliphatic carbocycles. The first-order valence-corrected chi connectivity index (χ1v) is 12.0. The van der Waals surface area contributed by atoms with Gasteiger partial charge in [0.1, 0.15) is 5.84 Å². The molecule has 2 amide bonds. The number of hydrogen-bond acceptors (Lipinski definition) is 4. The van der Waals surface area contributed by atoms with Crippen LogP contribution in [0, 0.1) is 5.92 Å². The van der Waals surface area contributed by atoms with E-state index < -0.39 is 6.17 Å². The van der Waals surface area contributed by atoms with Crippen LogP contribution in [-0.2, 0) is 9.59 Å². The number of benzodiazepines with no additional fused rings is 1. The standard InChI is InChI=1S/C25H36N4O2/c1-28(19-13-7-4-8-14-19)24-20-15-9-10-16-21(20)29(2)25(31)23(27-24)26-22(30)17-18-11-5-3-6-12-18/h9-10,15-16,18-19,23H,3-8,11-14,17H2,1-2H3,(H,26,30). The lowest BCUT2D eigenvalue weighted by Crippen LogP contribution is -2.47. The largest absolute Gasteiger partial charge is 0.356 e. The van der Waals surface area contributed by atoms with Gasteiger partial charge in [0.2, 0.25) is 12.1 Å². The number of anilines is 1. The van der Waals surface area contributed by atoms with Gasteiger partial charge in [-0.2, -0.15) is 0 Å². The summed E-state index contributed by atoms with van der Waals surface area (Å²) in [5.74, 6) is 0.991. The smallest absolute Gasteiger partial charge is 0.272 e. The number of rotatable bonds is 4. The molecule has 1 aliphatic heterocycles. The van der Waals surface area contributed by atoms with Crippen molar-refractivity contribution >= 4 is 23.3 Å². The first-order chi connectivity index (χ1) is 15.0. The van der Waals surface area contributed by atoms with Gasteiger partial charge in [0.05, 0.1) is 5.69 Å². The molecule has 0 spiro atoms. The van der Waals surface area contributed by atoms with Crippen molar-refractivity contribution in [3.8, 4) is 0 Å². The Labute approximate surface area is 186 Å². The van der Waals surface area contributed by atoms with Crippen molar-refractivity contribution in [2.45, 2.75) is 82.8 Å².